The van der Waals surface area contributed by atoms with Crippen molar-refractivity contribution in [3.05, 3.63) is 35.4 Å². The van der Waals surface area contributed by atoms with E-state index in [0.717, 1.165) is 25.2 Å². The second-order valence-corrected chi connectivity index (χ2v) is 8.56. The standard InChI is InChI=1S/C21H32N2O4/c1-20(2,3)27-19(25)23-13-11-22(12-14-23)15-16-7-9-17(10-8-16)21(4,5)18(24)26-6/h7-10H,11-15H2,1-6H3. The van der Waals surface area contributed by atoms with Gasteiger partial charge in [0, 0.05) is 32.7 Å². The number of benzene rings is 1. The fourth-order valence-corrected chi connectivity index (χ4v) is 3.07. The van der Waals surface area contributed by atoms with Crippen LogP contribution in [-0.2, 0) is 26.2 Å². The third-order valence-electron chi connectivity index (χ3n) is 4.80. The highest BCUT2D eigenvalue weighted by Gasteiger charge is 2.31. The fourth-order valence-electron chi connectivity index (χ4n) is 3.07. The van der Waals surface area contributed by atoms with Crippen LogP contribution in [0.1, 0.15) is 45.7 Å². The van der Waals surface area contributed by atoms with E-state index >= 15 is 0 Å². The quantitative estimate of drug-likeness (QED) is 0.756. The smallest absolute Gasteiger partial charge is 0.410 e. The molecule has 1 saturated heterocycles. The monoisotopic (exact) mass is 376 g/mol. The predicted molar refractivity (Wildman–Crippen MR) is 105 cm³/mol. The maximum atomic E-state index is 12.1. The molecule has 150 valence electrons. The number of piperazine rings is 1. The van der Waals surface area contributed by atoms with Gasteiger partial charge in [-0.25, -0.2) is 4.79 Å². The second-order valence-electron chi connectivity index (χ2n) is 8.56. The maximum Gasteiger partial charge on any atom is 0.410 e. The van der Waals surface area contributed by atoms with Crippen molar-refractivity contribution in [1.29, 1.82) is 0 Å². The van der Waals surface area contributed by atoms with Crippen molar-refractivity contribution < 1.29 is 19.1 Å². The molecule has 6 nitrogen and oxygen atoms in total. The summed E-state index contributed by atoms with van der Waals surface area (Å²) >= 11 is 0. The molecule has 27 heavy (non-hydrogen) atoms. The molecule has 0 aromatic heterocycles. The average molecular weight is 376 g/mol. The van der Waals surface area contributed by atoms with Crippen molar-refractivity contribution in [1.82, 2.24) is 9.80 Å². The summed E-state index contributed by atoms with van der Waals surface area (Å²) in [6.45, 7) is 13.2. The Balaban J connectivity index is 1.89. The van der Waals surface area contributed by atoms with E-state index in [4.69, 9.17) is 9.47 Å². The van der Waals surface area contributed by atoms with Gasteiger partial charge in [0.2, 0.25) is 0 Å². The molecule has 0 bridgehead atoms. The highest BCUT2D eigenvalue weighted by atomic mass is 16.6. The summed E-state index contributed by atoms with van der Waals surface area (Å²) in [5, 5.41) is 0. The van der Waals surface area contributed by atoms with E-state index in [9.17, 15) is 9.59 Å². The van der Waals surface area contributed by atoms with E-state index in [1.807, 2.05) is 46.8 Å². The lowest BCUT2D eigenvalue weighted by Gasteiger charge is -2.35. The van der Waals surface area contributed by atoms with Crippen molar-refractivity contribution >= 4 is 12.1 Å². The molecule has 0 aliphatic carbocycles. The van der Waals surface area contributed by atoms with Crippen LogP contribution < -0.4 is 0 Å². The normalized spacial score (nSPS) is 16.1. The maximum absolute atomic E-state index is 12.1. The van der Waals surface area contributed by atoms with Crippen LogP contribution in [0.4, 0.5) is 4.79 Å². The van der Waals surface area contributed by atoms with E-state index in [-0.39, 0.29) is 12.1 Å². The van der Waals surface area contributed by atoms with Crippen molar-refractivity contribution in [3.8, 4) is 0 Å². The number of nitrogens with zero attached hydrogens (tertiary/aromatic N) is 2. The average Bonchev–Trinajstić information content (AvgIpc) is 2.60. The van der Waals surface area contributed by atoms with Gasteiger partial charge in [0.25, 0.3) is 0 Å². The Morgan fingerprint density at radius 3 is 2.00 bits per heavy atom. The Morgan fingerprint density at radius 2 is 1.52 bits per heavy atom. The Hall–Kier alpha value is -2.08. The summed E-state index contributed by atoms with van der Waals surface area (Å²) in [7, 11) is 1.41. The predicted octanol–water partition coefficient (Wildman–Crippen LogP) is 3.19. The lowest BCUT2D eigenvalue weighted by Crippen LogP contribution is -2.49. The summed E-state index contributed by atoms with van der Waals surface area (Å²) < 4.78 is 10.3. The number of amides is 1. The lowest BCUT2D eigenvalue weighted by molar-refractivity contribution is -0.146. The van der Waals surface area contributed by atoms with Crippen LogP contribution in [0.3, 0.4) is 0 Å². The molecule has 1 aliphatic heterocycles. The summed E-state index contributed by atoms with van der Waals surface area (Å²) in [4.78, 5) is 28.2. The molecule has 1 amide bonds. The Morgan fingerprint density at radius 1 is 0.963 bits per heavy atom. The zero-order chi connectivity index (χ0) is 20.2. The number of carbonyl (C=O) groups excluding carboxylic acids is 2. The molecule has 1 fully saturated rings. The first-order valence-electron chi connectivity index (χ1n) is 9.41. The molecule has 0 spiro atoms. The van der Waals surface area contributed by atoms with Gasteiger partial charge in [-0.1, -0.05) is 24.3 Å². The number of ether oxygens (including phenoxy) is 2. The zero-order valence-corrected chi connectivity index (χ0v) is 17.4. The number of rotatable bonds is 4. The molecule has 0 radical (unpaired) electrons. The number of carbonyl (C=O) groups is 2. The minimum atomic E-state index is -0.660. The molecule has 0 saturated carbocycles. The molecular weight excluding hydrogens is 344 g/mol. The molecule has 1 aliphatic rings. The van der Waals surface area contributed by atoms with Gasteiger partial charge < -0.3 is 14.4 Å². The van der Waals surface area contributed by atoms with E-state index in [1.54, 1.807) is 4.90 Å². The van der Waals surface area contributed by atoms with E-state index < -0.39 is 11.0 Å². The minimum Gasteiger partial charge on any atom is -0.468 e. The second kappa shape index (κ2) is 8.30. The van der Waals surface area contributed by atoms with Crippen LogP contribution in [0, 0.1) is 0 Å². The van der Waals surface area contributed by atoms with Crippen molar-refractivity contribution in [2.45, 2.75) is 52.2 Å². The van der Waals surface area contributed by atoms with Crippen molar-refractivity contribution in [2.75, 3.05) is 33.3 Å². The van der Waals surface area contributed by atoms with E-state index in [2.05, 4.69) is 17.0 Å². The van der Waals surface area contributed by atoms with Crippen LogP contribution in [0.15, 0.2) is 24.3 Å². The van der Waals surface area contributed by atoms with Gasteiger partial charge in [-0.15, -0.1) is 0 Å². The van der Waals surface area contributed by atoms with E-state index in [0.29, 0.717) is 13.1 Å². The molecule has 0 unspecified atom stereocenters. The SMILES string of the molecule is COC(=O)C(C)(C)c1ccc(CN2CCN(C(=O)OC(C)(C)C)CC2)cc1. The van der Waals surface area contributed by atoms with Gasteiger partial charge in [-0.3, -0.25) is 9.69 Å². The third kappa shape index (κ3) is 5.70. The third-order valence-corrected chi connectivity index (χ3v) is 4.80. The van der Waals surface area contributed by atoms with Crippen LogP contribution in [0.2, 0.25) is 0 Å². The number of hydrogen-bond donors (Lipinski definition) is 0. The largest absolute Gasteiger partial charge is 0.468 e. The van der Waals surface area contributed by atoms with Gasteiger partial charge >= 0.3 is 12.1 Å². The first-order chi connectivity index (χ1) is 12.5. The molecule has 0 N–H and O–H groups in total. The Kier molecular flexibility index (Phi) is 6.52. The van der Waals surface area contributed by atoms with Crippen LogP contribution in [-0.4, -0.2) is 60.8 Å². The number of hydrogen-bond acceptors (Lipinski definition) is 5. The fraction of sp³-hybridized carbons (Fsp3) is 0.619. The molecule has 1 aromatic rings. The van der Waals surface area contributed by atoms with Gasteiger partial charge in [0.15, 0.2) is 0 Å². The van der Waals surface area contributed by atoms with Crippen molar-refractivity contribution in [3.63, 3.8) is 0 Å². The molecule has 1 heterocycles. The number of methoxy groups -OCH3 is 1. The summed E-state index contributed by atoms with van der Waals surface area (Å²) in [5.74, 6) is -0.242. The highest BCUT2D eigenvalue weighted by Crippen LogP contribution is 2.25. The molecule has 2 rings (SSSR count). The van der Waals surface area contributed by atoms with Gasteiger partial charge in [0.05, 0.1) is 12.5 Å². The molecule has 0 atom stereocenters. The minimum absolute atomic E-state index is 0.239. The first kappa shape index (κ1) is 21.2. The van der Waals surface area contributed by atoms with Crippen LogP contribution in [0.5, 0.6) is 0 Å². The van der Waals surface area contributed by atoms with Crippen LogP contribution in [0.25, 0.3) is 0 Å². The Bertz CT molecular complexity index is 654. The Labute approximate surface area is 162 Å². The summed E-state index contributed by atoms with van der Waals surface area (Å²) in [5.41, 5.74) is 0.998. The summed E-state index contributed by atoms with van der Waals surface area (Å²) in [6.07, 6.45) is -0.239. The zero-order valence-electron chi connectivity index (χ0n) is 17.4. The van der Waals surface area contributed by atoms with Crippen molar-refractivity contribution in [2.24, 2.45) is 0 Å². The van der Waals surface area contributed by atoms with Gasteiger partial charge in [-0.2, -0.15) is 0 Å². The topological polar surface area (TPSA) is 59.1 Å². The summed E-state index contributed by atoms with van der Waals surface area (Å²) in [6, 6.07) is 8.09. The van der Waals surface area contributed by atoms with E-state index in [1.165, 1.54) is 12.7 Å². The van der Waals surface area contributed by atoms with Gasteiger partial charge in [0.1, 0.15) is 5.60 Å². The molecule has 6 heteroatoms. The first-order valence-corrected chi connectivity index (χ1v) is 9.41. The number of esters is 1. The lowest BCUT2D eigenvalue weighted by atomic mass is 9.84. The van der Waals surface area contributed by atoms with Crippen LogP contribution >= 0.6 is 0 Å². The molecular formula is C21H32N2O4. The molecule has 1 aromatic carbocycles. The highest BCUT2D eigenvalue weighted by molar-refractivity contribution is 5.82. The van der Waals surface area contributed by atoms with Gasteiger partial charge in [-0.05, 0) is 45.7 Å².